The van der Waals surface area contributed by atoms with Gasteiger partial charge in [-0.1, -0.05) is 30.0 Å². The Labute approximate surface area is 204 Å². The molecule has 178 valence electrons. The Hall–Kier alpha value is -2.97. The van der Waals surface area contributed by atoms with E-state index in [1.54, 1.807) is 29.2 Å². The Morgan fingerprint density at radius 3 is 2.47 bits per heavy atom. The number of nitrogens with one attached hydrogen (secondary N) is 1. The molecule has 2 amide bonds. The zero-order valence-corrected chi connectivity index (χ0v) is 20.5. The molecule has 1 N–H and O–H groups in total. The molecule has 0 aliphatic carbocycles. The van der Waals surface area contributed by atoms with Gasteiger partial charge in [-0.25, -0.2) is 4.99 Å². The second-order valence-electron chi connectivity index (χ2n) is 8.71. The van der Waals surface area contributed by atoms with Crippen molar-refractivity contribution in [1.82, 2.24) is 4.90 Å². The first-order chi connectivity index (χ1) is 16.3. The van der Waals surface area contributed by atoms with Gasteiger partial charge in [-0.05, 0) is 69.0 Å². The lowest BCUT2D eigenvalue weighted by Crippen LogP contribution is -2.38. The minimum absolute atomic E-state index is 0.0138. The van der Waals surface area contributed by atoms with Crippen LogP contribution in [-0.2, 0) is 14.3 Å². The molecule has 2 unspecified atom stereocenters. The average molecular weight is 480 g/mol. The van der Waals surface area contributed by atoms with Crippen LogP contribution in [-0.4, -0.2) is 52.2 Å². The molecule has 34 heavy (non-hydrogen) atoms. The van der Waals surface area contributed by atoms with Gasteiger partial charge < -0.3 is 10.1 Å². The van der Waals surface area contributed by atoms with Gasteiger partial charge in [0.1, 0.15) is 5.25 Å². The molecule has 0 saturated carbocycles. The number of ketones is 1. The number of nitrogens with zero attached hydrogens (tertiary/aromatic N) is 2. The summed E-state index contributed by atoms with van der Waals surface area (Å²) in [4.78, 5) is 44.1. The van der Waals surface area contributed by atoms with Crippen molar-refractivity contribution >= 4 is 45.9 Å². The first-order valence-electron chi connectivity index (χ1n) is 11.5. The molecule has 2 aromatic rings. The van der Waals surface area contributed by atoms with Crippen molar-refractivity contribution in [2.24, 2.45) is 4.99 Å². The number of thioether (sulfide) groups is 1. The van der Waals surface area contributed by atoms with Gasteiger partial charge in [0.15, 0.2) is 11.0 Å². The second-order valence-corrected chi connectivity index (χ2v) is 9.88. The van der Waals surface area contributed by atoms with Crippen molar-refractivity contribution in [3.63, 3.8) is 0 Å². The molecule has 2 fully saturated rings. The highest BCUT2D eigenvalue weighted by Gasteiger charge is 2.40. The van der Waals surface area contributed by atoms with E-state index in [-0.39, 0.29) is 30.1 Å². The van der Waals surface area contributed by atoms with E-state index in [1.165, 1.54) is 18.7 Å². The molecule has 2 saturated heterocycles. The van der Waals surface area contributed by atoms with Crippen LogP contribution in [0.3, 0.4) is 0 Å². The van der Waals surface area contributed by atoms with Crippen molar-refractivity contribution in [1.29, 1.82) is 0 Å². The van der Waals surface area contributed by atoms with Crippen LogP contribution in [0.2, 0.25) is 0 Å². The quantitative estimate of drug-likeness (QED) is 0.584. The number of carbonyl (C=O) groups is 3. The van der Waals surface area contributed by atoms with Crippen LogP contribution in [0.1, 0.15) is 47.7 Å². The molecule has 0 radical (unpaired) electrons. The molecule has 0 aromatic heterocycles. The fraction of sp³-hybridized carbons (Fsp3) is 0.385. The highest BCUT2D eigenvalue weighted by Crippen LogP contribution is 2.34. The Bertz CT molecular complexity index is 1100. The first kappa shape index (κ1) is 24.2. The number of rotatable bonds is 7. The maximum Gasteiger partial charge on any atom is 0.242 e. The lowest BCUT2D eigenvalue weighted by Gasteiger charge is -2.20. The summed E-state index contributed by atoms with van der Waals surface area (Å²) in [6.07, 6.45) is 1.91. The molecule has 7 nitrogen and oxygen atoms in total. The largest absolute Gasteiger partial charge is 0.376 e. The van der Waals surface area contributed by atoms with Crippen LogP contribution in [0.15, 0.2) is 47.5 Å². The molecule has 2 aromatic carbocycles. The summed E-state index contributed by atoms with van der Waals surface area (Å²) in [5, 5.41) is 2.89. The number of aliphatic imine (C=N–C) groups is 1. The zero-order valence-electron chi connectivity index (χ0n) is 19.7. The molecule has 2 aliphatic heterocycles. The molecule has 4 rings (SSSR count). The Kier molecular flexibility index (Phi) is 7.48. The van der Waals surface area contributed by atoms with Gasteiger partial charge in [0.2, 0.25) is 11.8 Å². The number of amidine groups is 1. The van der Waals surface area contributed by atoms with E-state index in [9.17, 15) is 14.4 Å². The van der Waals surface area contributed by atoms with Gasteiger partial charge in [-0.15, -0.1) is 0 Å². The Balaban J connectivity index is 1.51. The van der Waals surface area contributed by atoms with E-state index in [0.29, 0.717) is 29.6 Å². The standard InChI is InChI=1S/C26H29N3O4S/c1-16-6-4-7-17(2)24(16)28-26-29(15-21-8-5-13-33-21)25(32)22(34-26)14-23(31)27-20-11-9-19(10-12-20)18(3)30/h4,6-7,9-12,21-22H,5,8,13-15H2,1-3H3,(H,27,31). The summed E-state index contributed by atoms with van der Waals surface area (Å²) < 4.78 is 5.77. The molecular weight excluding hydrogens is 450 g/mol. The number of hydrogen-bond donors (Lipinski definition) is 1. The van der Waals surface area contributed by atoms with Crippen LogP contribution >= 0.6 is 11.8 Å². The Morgan fingerprint density at radius 1 is 1.15 bits per heavy atom. The van der Waals surface area contributed by atoms with E-state index in [1.807, 2.05) is 32.0 Å². The molecule has 2 aliphatic rings. The number of anilines is 1. The zero-order chi connectivity index (χ0) is 24.2. The molecule has 8 heteroatoms. The monoisotopic (exact) mass is 479 g/mol. The van der Waals surface area contributed by atoms with Gasteiger partial charge in [-0.2, -0.15) is 0 Å². The Morgan fingerprint density at radius 2 is 1.85 bits per heavy atom. The van der Waals surface area contributed by atoms with Crippen LogP contribution < -0.4 is 5.32 Å². The SMILES string of the molecule is CC(=O)c1ccc(NC(=O)CC2SC(=Nc3c(C)cccc3C)N(CC3CCCO3)C2=O)cc1. The number of ether oxygens (including phenoxy) is 1. The highest BCUT2D eigenvalue weighted by molar-refractivity contribution is 8.15. The van der Waals surface area contributed by atoms with E-state index in [2.05, 4.69) is 5.32 Å². The van der Waals surface area contributed by atoms with Crippen LogP contribution in [0.4, 0.5) is 11.4 Å². The third kappa shape index (κ3) is 5.56. The molecule has 0 spiro atoms. The summed E-state index contributed by atoms with van der Waals surface area (Å²) >= 11 is 1.33. The van der Waals surface area contributed by atoms with E-state index < -0.39 is 5.25 Å². The summed E-state index contributed by atoms with van der Waals surface area (Å²) in [6, 6.07) is 12.7. The lowest BCUT2D eigenvalue weighted by atomic mass is 10.1. The van der Waals surface area contributed by atoms with E-state index in [0.717, 1.165) is 29.7 Å². The van der Waals surface area contributed by atoms with Crippen LogP contribution in [0, 0.1) is 13.8 Å². The summed E-state index contributed by atoms with van der Waals surface area (Å²) in [6.45, 7) is 6.65. The van der Waals surface area contributed by atoms with Crippen LogP contribution in [0.5, 0.6) is 0 Å². The number of Topliss-reactive ketones (excluding diaryl/α,β-unsaturated/α-hetero) is 1. The normalized spacial score (nSPS) is 21.3. The number of carbonyl (C=O) groups excluding carboxylic acids is 3. The van der Waals surface area contributed by atoms with Gasteiger partial charge >= 0.3 is 0 Å². The topological polar surface area (TPSA) is 88.1 Å². The van der Waals surface area contributed by atoms with Crippen molar-refractivity contribution in [3.8, 4) is 0 Å². The second kappa shape index (κ2) is 10.5. The number of aryl methyl sites for hydroxylation is 2. The van der Waals surface area contributed by atoms with Crippen molar-refractivity contribution in [2.75, 3.05) is 18.5 Å². The average Bonchev–Trinajstić information content (AvgIpc) is 3.41. The molecule has 2 heterocycles. The maximum absolute atomic E-state index is 13.3. The molecule has 0 bridgehead atoms. The number of amides is 2. The summed E-state index contributed by atoms with van der Waals surface area (Å²) in [5.74, 6) is -0.410. The lowest BCUT2D eigenvalue weighted by molar-refractivity contribution is -0.129. The van der Waals surface area contributed by atoms with Crippen molar-refractivity contribution in [3.05, 3.63) is 59.2 Å². The first-order valence-corrected chi connectivity index (χ1v) is 12.3. The fourth-order valence-electron chi connectivity index (χ4n) is 4.13. The smallest absolute Gasteiger partial charge is 0.242 e. The number of hydrogen-bond acceptors (Lipinski definition) is 6. The molecule has 2 atom stereocenters. The highest BCUT2D eigenvalue weighted by atomic mass is 32.2. The minimum Gasteiger partial charge on any atom is -0.376 e. The third-order valence-corrected chi connectivity index (χ3v) is 7.20. The third-order valence-electron chi connectivity index (χ3n) is 6.02. The molecular formula is C26H29N3O4S. The van der Waals surface area contributed by atoms with Gasteiger partial charge in [0.05, 0.1) is 18.3 Å². The maximum atomic E-state index is 13.3. The van der Waals surface area contributed by atoms with Crippen molar-refractivity contribution < 1.29 is 19.1 Å². The predicted octanol–water partition coefficient (Wildman–Crippen LogP) is 4.65. The van der Waals surface area contributed by atoms with Crippen molar-refractivity contribution in [2.45, 2.75) is 51.4 Å². The summed E-state index contributed by atoms with van der Waals surface area (Å²) in [7, 11) is 0. The van der Waals surface area contributed by atoms with E-state index in [4.69, 9.17) is 9.73 Å². The number of benzene rings is 2. The van der Waals surface area contributed by atoms with Gasteiger partial charge in [-0.3, -0.25) is 19.3 Å². The van der Waals surface area contributed by atoms with E-state index >= 15 is 0 Å². The number of para-hydroxylation sites is 1. The van der Waals surface area contributed by atoms with Gasteiger partial charge in [0, 0.05) is 24.3 Å². The van der Waals surface area contributed by atoms with Crippen LogP contribution in [0.25, 0.3) is 0 Å². The van der Waals surface area contributed by atoms with Gasteiger partial charge in [0.25, 0.3) is 0 Å². The minimum atomic E-state index is -0.555. The fourth-order valence-corrected chi connectivity index (χ4v) is 5.28. The summed E-state index contributed by atoms with van der Waals surface area (Å²) in [5.41, 5.74) is 4.09. The predicted molar refractivity (Wildman–Crippen MR) is 135 cm³/mol.